The van der Waals surface area contributed by atoms with Gasteiger partial charge in [-0.05, 0) is 37.3 Å². The Morgan fingerprint density at radius 3 is 2.39 bits per heavy atom. The first kappa shape index (κ1) is 17.5. The summed E-state index contributed by atoms with van der Waals surface area (Å²) in [5.74, 6) is -0.621. The van der Waals surface area contributed by atoms with Crippen LogP contribution in [0.25, 0.3) is 0 Å². The third kappa shape index (κ3) is 4.78. The Hall–Kier alpha value is -1.90. The molecule has 1 aromatic carbocycles. The highest BCUT2D eigenvalue weighted by atomic mass is 35.5. The molecule has 0 spiro atoms. The first-order chi connectivity index (χ1) is 10.8. The van der Waals surface area contributed by atoms with Gasteiger partial charge in [0.2, 0.25) is 5.95 Å². The lowest BCUT2D eigenvalue weighted by atomic mass is 10.3. The van der Waals surface area contributed by atoms with Crippen LogP contribution in [0.3, 0.4) is 0 Å². The second-order valence-corrected chi connectivity index (χ2v) is 7.22. The molecule has 0 saturated heterocycles. The fourth-order valence-electron chi connectivity index (χ4n) is 1.59. The van der Waals surface area contributed by atoms with Crippen LogP contribution in [0.4, 0.5) is 11.6 Å². The van der Waals surface area contributed by atoms with Crippen molar-refractivity contribution in [3.8, 4) is 0 Å². The Bertz CT molecular complexity index is 810. The summed E-state index contributed by atoms with van der Waals surface area (Å²) in [5.41, 5.74) is 1.000. The predicted octanol–water partition coefficient (Wildman–Crippen LogP) is 2.33. The van der Waals surface area contributed by atoms with Gasteiger partial charge in [0, 0.05) is 17.6 Å². The summed E-state index contributed by atoms with van der Waals surface area (Å²) in [5, 5.41) is 2.43. The van der Waals surface area contributed by atoms with Crippen LogP contribution >= 0.6 is 23.2 Å². The molecule has 0 atom stereocenters. The number of alkyl halides is 2. The number of rotatable bonds is 5. The molecule has 1 aromatic heterocycles. The molecule has 0 unspecified atom stereocenters. The third-order valence-electron chi connectivity index (χ3n) is 2.65. The molecule has 2 aromatic rings. The SMILES string of the molecule is Cc1ccnc(NS(=O)(=O)c2ccc(NC(=O)C(Cl)Cl)cc2)n1. The second-order valence-electron chi connectivity index (χ2n) is 4.44. The maximum atomic E-state index is 12.2. The van der Waals surface area contributed by atoms with E-state index in [0.717, 1.165) is 0 Å². The third-order valence-corrected chi connectivity index (χ3v) is 4.39. The number of carbonyl (C=O) groups excluding carboxylic acids is 1. The van der Waals surface area contributed by atoms with Gasteiger partial charge >= 0.3 is 0 Å². The molecule has 0 aliphatic rings. The summed E-state index contributed by atoms with van der Waals surface area (Å²) in [4.78, 5) is 17.9. The van der Waals surface area contributed by atoms with E-state index in [1.807, 2.05) is 0 Å². The zero-order chi connectivity index (χ0) is 17.0. The molecule has 2 rings (SSSR count). The van der Waals surface area contributed by atoms with Gasteiger partial charge in [-0.15, -0.1) is 0 Å². The molecule has 0 saturated carbocycles. The van der Waals surface area contributed by atoms with Crippen LogP contribution in [0.5, 0.6) is 0 Å². The van der Waals surface area contributed by atoms with E-state index in [2.05, 4.69) is 20.0 Å². The van der Waals surface area contributed by atoms with Gasteiger partial charge in [-0.3, -0.25) is 4.79 Å². The van der Waals surface area contributed by atoms with Crippen LogP contribution in [0.15, 0.2) is 41.4 Å². The number of nitrogens with one attached hydrogen (secondary N) is 2. The van der Waals surface area contributed by atoms with E-state index in [4.69, 9.17) is 23.2 Å². The average molecular weight is 375 g/mol. The Labute approximate surface area is 143 Å². The molecule has 0 fully saturated rings. The molecule has 122 valence electrons. The van der Waals surface area contributed by atoms with Crippen LogP contribution in [0, 0.1) is 6.92 Å². The molecule has 1 heterocycles. The van der Waals surface area contributed by atoms with Crippen molar-refractivity contribution in [1.29, 1.82) is 0 Å². The van der Waals surface area contributed by atoms with Crippen molar-refractivity contribution in [2.45, 2.75) is 16.7 Å². The van der Waals surface area contributed by atoms with Crippen LogP contribution in [0.2, 0.25) is 0 Å². The van der Waals surface area contributed by atoms with E-state index in [1.54, 1.807) is 13.0 Å². The van der Waals surface area contributed by atoms with Crippen molar-refractivity contribution in [2.75, 3.05) is 10.0 Å². The highest BCUT2D eigenvalue weighted by Gasteiger charge is 2.16. The highest BCUT2D eigenvalue weighted by Crippen LogP contribution is 2.17. The van der Waals surface area contributed by atoms with E-state index in [-0.39, 0.29) is 10.8 Å². The van der Waals surface area contributed by atoms with Crippen molar-refractivity contribution in [3.05, 3.63) is 42.2 Å². The molecule has 7 nitrogen and oxygen atoms in total. The van der Waals surface area contributed by atoms with Crippen LogP contribution in [0.1, 0.15) is 5.69 Å². The molecule has 0 aliphatic heterocycles. The van der Waals surface area contributed by atoms with E-state index in [0.29, 0.717) is 11.4 Å². The normalized spacial score (nSPS) is 11.3. The van der Waals surface area contributed by atoms with Gasteiger partial charge in [-0.25, -0.2) is 23.1 Å². The number of amides is 1. The summed E-state index contributed by atoms with van der Waals surface area (Å²) < 4.78 is 26.7. The maximum absolute atomic E-state index is 12.2. The van der Waals surface area contributed by atoms with Gasteiger partial charge in [0.05, 0.1) is 4.90 Å². The predicted molar refractivity (Wildman–Crippen MR) is 88.1 cm³/mol. The topological polar surface area (TPSA) is 101 Å². The Morgan fingerprint density at radius 2 is 1.83 bits per heavy atom. The van der Waals surface area contributed by atoms with Gasteiger partial charge in [0.15, 0.2) is 4.84 Å². The molecule has 2 N–H and O–H groups in total. The van der Waals surface area contributed by atoms with Crippen molar-refractivity contribution < 1.29 is 13.2 Å². The largest absolute Gasteiger partial charge is 0.324 e. The monoisotopic (exact) mass is 374 g/mol. The molecule has 10 heteroatoms. The quantitative estimate of drug-likeness (QED) is 0.782. The number of aromatic nitrogens is 2. The summed E-state index contributed by atoms with van der Waals surface area (Å²) >= 11 is 10.8. The smallest absolute Gasteiger partial charge is 0.264 e. The Balaban J connectivity index is 2.16. The number of nitrogens with zero attached hydrogens (tertiary/aromatic N) is 2. The first-order valence-corrected chi connectivity index (χ1v) is 8.65. The molecule has 0 aliphatic carbocycles. The standard InChI is InChI=1S/C13H12Cl2N4O3S/c1-8-6-7-16-13(17-8)19-23(21,22)10-4-2-9(3-5-10)18-12(20)11(14)15/h2-7,11H,1H3,(H,18,20)(H,16,17,19). The van der Waals surface area contributed by atoms with E-state index >= 15 is 0 Å². The van der Waals surface area contributed by atoms with Crippen molar-refractivity contribution in [1.82, 2.24) is 9.97 Å². The zero-order valence-electron chi connectivity index (χ0n) is 11.8. The minimum Gasteiger partial charge on any atom is -0.324 e. The molecule has 0 radical (unpaired) electrons. The van der Waals surface area contributed by atoms with Gasteiger partial charge in [0.1, 0.15) is 0 Å². The zero-order valence-corrected chi connectivity index (χ0v) is 14.2. The van der Waals surface area contributed by atoms with Crippen LogP contribution in [-0.4, -0.2) is 29.1 Å². The number of sulfonamides is 1. The lowest BCUT2D eigenvalue weighted by Crippen LogP contribution is -2.19. The van der Waals surface area contributed by atoms with Crippen molar-refractivity contribution in [2.24, 2.45) is 0 Å². The van der Waals surface area contributed by atoms with Gasteiger partial charge in [0.25, 0.3) is 15.9 Å². The molecule has 23 heavy (non-hydrogen) atoms. The highest BCUT2D eigenvalue weighted by molar-refractivity contribution is 7.92. The lowest BCUT2D eigenvalue weighted by Gasteiger charge is -2.09. The molecular formula is C13H12Cl2N4O3S. The number of hydrogen-bond donors (Lipinski definition) is 2. The fraction of sp³-hybridized carbons (Fsp3) is 0.154. The summed E-state index contributed by atoms with van der Waals surface area (Å²) in [6, 6.07) is 7.13. The number of aryl methyl sites for hydroxylation is 1. The minimum absolute atomic E-state index is 0.00565. The second kappa shape index (κ2) is 7.12. The van der Waals surface area contributed by atoms with Gasteiger partial charge in [-0.2, -0.15) is 0 Å². The summed E-state index contributed by atoms with van der Waals surface area (Å²) in [7, 11) is -3.83. The Morgan fingerprint density at radius 1 is 1.17 bits per heavy atom. The molecule has 1 amide bonds. The first-order valence-electron chi connectivity index (χ1n) is 6.29. The van der Waals surface area contributed by atoms with Gasteiger partial charge < -0.3 is 5.32 Å². The summed E-state index contributed by atoms with van der Waals surface area (Å²) in [6.45, 7) is 1.72. The Kier molecular flexibility index (Phi) is 5.40. The molecular weight excluding hydrogens is 363 g/mol. The van der Waals surface area contributed by atoms with Crippen LogP contribution < -0.4 is 10.0 Å². The lowest BCUT2D eigenvalue weighted by molar-refractivity contribution is -0.114. The number of benzene rings is 1. The maximum Gasteiger partial charge on any atom is 0.264 e. The average Bonchev–Trinajstić information content (AvgIpc) is 2.47. The number of hydrogen-bond acceptors (Lipinski definition) is 5. The van der Waals surface area contributed by atoms with Gasteiger partial charge in [-0.1, -0.05) is 23.2 Å². The summed E-state index contributed by atoms with van der Waals surface area (Å²) in [6.07, 6.45) is 1.45. The molecule has 0 bridgehead atoms. The van der Waals surface area contributed by atoms with E-state index in [9.17, 15) is 13.2 Å². The van der Waals surface area contributed by atoms with E-state index in [1.165, 1.54) is 30.5 Å². The number of anilines is 2. The fourth-order valence-corrected chi connectivity index (χ4v) is 2.65. The van der Waals surface area contributed by atoms with E-state index < -0.39 is 20.8 Å². The number of halogens is 2. The van der Waals surface area contributed by atoms with Crippen molar-refractivity contribution in [3.63, 3.8) is 0 Å². The minimum atomic E-state index is -3.83. The number of carbonyl (C=O) groups is 1. The van der Waals surface area contributed by atoms with Crippen LogP contribution in [-0.2, 0) is 14.8 Å². The van der Waals surface area contributed by atoms with Crippen molar-refractivity contribution >= 4 is 50.8 Å².